The summed E-state index contributed by atoms with van der Waals surface area (Å²) in [6, 6.07) is 5.59. The van der Waals surface area contributed by atoms with E-state index < -0.39 is 69.5 Å². The number of aliphatic carboxylic acids is 1. The first-order valence-electron chi connectivity index (χ1n) is 17.9. The van der Waals surface area contributed by atoms with E-state index in [2.05, 4.69) is 30.5 Å². The second-order valence-electron chi connectivity index (χ2n) is 14.8. The highest BCUT2D eigenvalue weighted by molar-refractivity contribution is 7.80. The van der Waals surface area contributed by atoms with Gasteiger partial charge in [0.25, 0.3) is 17.3 Å². The maximum atomic E-state index is 13.7. The van der Waals surface area contributed by atoms with Gasteiger partial charge >= 0.3 is 16.4 Å². The lowest BCUT2D eigenvalue weighted by Gasteiger charge is -2.50. The molecule has 8 N–H and O–H groups in total. The Hall–Kier alpha value is -4.64. The fourth-order valence-electron chi connectivity index (χ4n) is 6.80. The highest BCUT2D eigenvalue weighted by Crippen LogP contribution is 2.41. The third-order valence-electron chi connectivity index (χ3n) is 10.4. The molecule has 0 aliphatic carbocycles. The van der Waals surface area contributed by atoms with Gasteiger partial charge in [-0.05, 0) is 63.3 Å². The summed E-state index contributed by atoms with van der Waals surface area (Å²) in [7, 11) is -5.01. The van der Waals surface area contributed by atoms with Crippen molar-refractivity contribution in [2.24, 2.45) is 22.7 Å². The van der Waals surface area contributed by atoms with Crippen molar-refractivity contribution < 1.29 is 56.0 Å². The number of β-lactam (4-membered cyclic amide) rings is 1. The molecule has 1 amide bonds. The summed E-state index contributed by atoms with van der Waals surface area (Å²) in [5, 5.41) is 29.7. The van der Waals surface area contributed by atoms with Gasteiger partial charge in [-0.1, -0.05) is 16.2 Å². The molecule has 3 aromatic rings. The van der Waals surface area contributed by atoms with Crippen LogP contribution in [-0.4, -0.2) is 105 Å². The topological polar surface area (TPSA) is 283 Å². The van der Waals surface area contributed by atoms with Gasteiger partial charge in [-0.25, -0.2) is 14.3 Å². The molecule has 2 fully saturated rings. The molecule has 0 saturated carbocycles. The fourth-order valence-corrected chi connectivity index (χ4v) is 7.80. The van der Waals surface area contributed by atoms with Crippen molar-refractivity contribution in [2.45, 2.75) is 82.8 Å². The zero-order chi connectivity index (χ0) is 40.6. The number of aromatic nitrogens is 3. The molecule has 0 spiro atoms. The van der Waals surface area contributed by atoms with Gasteiger partial charge < -0.3 is 36.6 Å². The SMILES string of the molecule is CC1(C)[C@H](CC(=O)/C(=N\O[C@](C)(C(=O)O)[C@H]2CCc3cc(-c4cnc(CC[C@H](O)CN)[n+](CC5CNC5)c4)ccc3O2)c2csc(N)n2)C(=O)N1OS(=O)(=O)O. The van der Waals surface area contributed by atoms with E-state index in [1.165, 1.54) is 26.2 Å². The van der Waals surface area contributed by atoms with Gasteiger partial charge in [-0.15, -0.1) is 15.6 Å². The van der Waals surface area contributed by atoms with Gasteiger partial charge in [0.05, 0.1) is 36.1 Å². The number of aliphatic hydroxyl groups excluding tert-OH is 1. The molecule has 5 heterocycles. The van der Waals surface area contributed by atoms with Crippen molar-refractivity contribution >= 4 is 50.2 Å². The molecule has 56 heavy (non-hydrogen) atoms. The number of Topliss-reactive ketones (excluding diaryl/α,β-unsaturated/α-hetero) is 1. The molecule has 0 radical (unpaired) electrons. The summed E-state index contributed by atoms with van der Waals surface area (Å²) in [6.07, 6.45) is 3.39. The minimum absolute atomic E-state index is 0.0235. The van der Waals surface area contributed by atoms with E-state index in [1.54, 1.807) is 12.3 Å². The molecule has 0 unspecified atom stereocenters. The van der Waals surface area contributed by atoms with Crippen LogP contribution in [0.5, 0.6) is 5.75 Å². The Labute approximate surface area is 326 Å². The second kappa shape index (κ2) is 16.1. The number of hydroxylamine groups is 2. The van der Waals surface area contributed by atoms with E-state index in [9.17, 15) is 33.0 Å². The number of carboxylic acid groups (broad SMARTS) is 1. The van der Waals surface area contributed by atoms with Gasteiger partial charge in [0, 0.05) is 37.4 Å². The number of ether oxygens (including phenoxy) is 1. The molecule has 3 aliphatic rings. The Morgan fingerprint density at radius 2 is 2.04 bits per heavy atom. The summed E-state index contributed by atoms with van der Waals surface area (Å²) < 4.78 is 44.3. The highest BCUT2D eigenvalue weighted by Gasteiger charge is 2.58. The molecular weight excluding hydrogens is 773 g/mol. The van der Waals surface area contributed by atoms with Gasteiger partial charge in [0.15, 0.2) is 28.9 Å². The maximum absolute atomic E-state index is 13.7. The van der Waals surface area contributed by atoms with E-state index in [4.69, 9.17) is 30.6 Å². The van der Waals surface area contributed by atoms with Crippen LogP contribution in [0.25, 0.3) is 11.1 Å². The van der Waals surface area contributed by atoms with Crippen LogP contribution in [0.2, 0.25) is 0 Å². The quantitative estimate of drug-likeness (QED) is 0.0354. The predicted molar refractivity (Wildman–Crippen MR) is 199 cm³/mol. The number of carbonyl (C=O) groups is 3. The summed E-state index contributed by atoms with van der Waals surface area (Å²) in [5.41, 5.74) is 10.2. The highest BCUT2D eigenvalue weighted by atomic mass is 32.3. The van der Waals surface area contributed by atoms with Gasteiger partial charge in [-0.3, -0.25) is 14.1 Å². The van der Waals surface area contributed by atoms with Crippen LogP contribution in [0.15, 0.2) is 41.1 Å². The van der Waals surface area contributed by atoms with Crippen LogP contribution >= 0.6 is 11.3 Å². The number of carbonyl (C=O) groups excluding carboxylic acids is 2. The molecule has 4 atom stereocenters. The molecule has 0 bridgehead atoms. The third-order valence-corrected chi connectivity index (χ3v) is 11.5. The molecule has 2 aromatic heterocycles. The summed E-state index contributed by atoms with van der Waals surface area (Å²) in [4.78, 5) is 53.8. The van der Waals surface area contributed by atoms with Crippen LogP contribution in [0, 0.1) is 11.8 Å². The third kappa shape index (κ3) is 8.67. The summed E-state index contributed by atoms with van der Waals surface area (Å²) in [5.74, 6) is -2.40. The number of nitrogens with one attached hydrogen (secondary N) is 1. The summed E-state index contributed by atoms with van der Waals surface area (Å²) in [6.45, 7) is 6.93. The molecule has 1 aromatic carbocycles. The standard InChI is InChI=1S/C35H44N8O11S2/c1-34(2)24(31(46)43(34)54-56(49,50)51)11-26(45)30(25-18-55-33(37)40-25)41-53-35(3,32(47)48)28-8-5-21-10-20(4-7-27(21)52-28)22-15-39-29(9-6-23(44)12-36)42(17-22)16-19-13-38-14-19/h4,7,10,15,17-19,23-24,28,38,44H,5-6,8-9,11-14,16,36H2,1-3H3,(H3-,37,40,47,48,49,50,51)/p+1/b41-30-/t23-,24+,28+,35-/m0/s1. The number of nitrogens with zero attached hydrogens (tertiary/aromatic N) is 5. The zero-order valence-electron chi connectivity index (χ0n) is 31.0. The molecular formula is C35H45N8O11S2+. The number of fused-ring (bicyclic) bond motifs is 1. The number of ketones is 1. The monoisotopic (exact) mass is 817 g/mol. The lowest BCUT2D eigenvalue weighted by molar-refractivity contribution is -0.713. The van der Waals surface area contributed by atoms with Gasteiger partial charge in [-0.2, -0.15) is 13.5 Å². The predicted octanol–water partition coefficient (Wildman–Crippen LogP) is 0.435. The Kier molecular flexibility index (Phi) is 11.8. The molecule has 302 valence electrons. The number of aliphatic hydroxyl groups is 1. The number of rotatable bonds is 17. The maximum Gasteiger partial charge on any atom is 0.418 e. The normalized spacial score (nSPS) is 21.2. The largest absolute Gasteiger partial charge is 0.485 e. The lowest BCUT2D eigenvalue weighted by atomic mass is 9.74. The average molecular weight is 818 g/mol. The van der Waals surface area contributed by atoms with E-state index in [0.717, 1.165) is 53.5 Å². The summed E-state index contributed by atoms with van der Waals surface area (Å²) >= 11 is 0.993. The van der Waals surface area contributed by atoms with Crippen molar-refractivity contribution in [3.8, 4) is 16.9 Å². The molecule has 21 heteroatoms. The van der Waals surface area contributed by atoms with E-state index in [0.29, 0.717) is 36.0 Å². The van der Waals surface area contributed by atoms with Crippen LogP contribution in [0.1, 0.15) is 57.1 Å². The Balaban J connectivity index is 1.20. The van der Waals surface area contributed by atoms with E-state index in [1.807, 2.05) is 12.1 Å². The molecule has 2 saturated heterocycles. The minimum atomic E-state index is -5.01. The number of hydrogen-bond donors (Lipinski definition) is 6. The molecule has 3 aliphatic heterocycles. The van der Waals surface area contributed by atoms with Crippen molar-refractivity contribution in [1.29, 1.82) is 0 Å². The van der Waals surface area contributed by atoms with E-state index >= 15 is 0 Å². The Bertz CT molecular complexity index is 2140. The van der Waals surface area contributed by atoms with Crippen molar-refractivity contribution in [1.82, 2.24) is 20.3 Å². The first-order valence-corrected chi connectivity index (χ1v) is 20.2. The number of thiazole rings is 1. The molecule has 19 nitrogen and oxygen atoms in total. The zero-order valence-corrected chi connectivity index (χ0v) is 32.6. The number of amides is 1. The van der Waals surface area contributed by atoms with Crippen molar-refractivity contribution in [2.75, 3.05) is 25.4 Å². The minimum Gasteiger partial charge on any atom is -0.485 e. The second-order valence-corrected chi connectivity index (χ2v) is 16.7. The fraction of sp³-hybridized carbons (Fsp3) is 0.514. The van der Waals surface area contributed by atoms with Gasteiger partial charge in [0.1, 0.15) is 17.6 Å². The number of carboxylic acids is 1. The lowest BCUT2D eigenvalue weighted by Crippen LogP contribution is -2.68. The number of hydrogen-bond acceptors (Lipinski definition) is 16. The van der Waals surface area contributed by atoms with Gasteiger partial charge in [0.2, 0.25) is 0 Å². The van der Waals surface area contributed by atoms with Crippen LogP contribution < -0.4 is 26.1 Å². The number of aryl methyl sites for hydroxylation is 2. The van der Waals surface area contributed by atoms with Crippen LogP contribution in [0.4, 0.5) is 5.13 Å². The number of nitrogen functional groups attached to an aromatic ring is 1. The average Bonchev–Trinajstić information content (AvgIpc) is 3.57. The number of nitrogens with two attached hydrogens (primary N) is 2. The number of anilines is 1. The first kappa shape index (κ1) is 41.0. The van der Waals surface area contributed by atoms with Crippen LogP contribution in [-0.2, 0) is 53.3 Å². The molecule has 6 rings (SSSR count). The van der Waals surface area contributed by atoms with Crippen molar-refractivity contribution in [3.05, 3.63) is 53.1 Å². The van der Waals surface area contributed by atoms with Crippen LogP contribution in [0.3, 0.4) is 0 Å². The smallest absolute Gasteiger partial charge is 0.418 e. The Morgan fingerprint density at radius 1 is 1.29 bits per heavy atom. The first-order chi connectivity index (χ1) is 26.4. The van der Waals surface area contributed by atoms with Crippen molar-refractivity contribution in [3.63, 3.8) is 0 Å². The number of oxime groups is 1. The van der Waals surface area contributed by atoms with E-state index in [-0.39, 0.29) is 23.8 Å². The number of benzene rings is 1. The Morgan fingerprint density at radius 3 is 2.64 bits per heavy atom.